The van der Waals surface area contributed by atoms with Gasteiger partial charge in [0.1, 0.15) is 12.4 Å². The van der Waals surface area contributed by atoms with Crippen LogP contribution in [0.4, 0.5) is 0 Å². The molecule has 0 aliphatic carbocycles. The molecule has 1 heterocycles. The van der Waals surface area contributed by atoms with Crippen LogP contribution in [-0.2, 0) is 7.05 Å². The summed E-state index contributed by atoms with van der Waals surface area (Å²) in [5, 5.41) is 9.89. The lowest BCUT2D eigenvalue weighted by atomic mass is 10.1. The Morgan fingerprint density at radius 1 is 1.18 bits per heavy atom. The average Bonchev–Trinajstić information content (AvgIpc) is 2.70. The molecule has 0 aliphatic rings. The fraction of sp³-hybridized carbons (Fsp3) is 0.769. The smallest absolute Gasteiger partial charge is 0.245 e. The number of rotatable bonds is 8. The second-order valence-corrected chi connectivity index (χ2v) is 4.56. The van der Waals surface area contributed by atoms with Gasteiger partial charge in [-0.05, 0) is 6.42 Å². The zero-order chi connectivity index (χ0) is 11.8. The Hall–Kier alpha value is -0.540. The fourth-order valence-corrected chi connectivity index (χ4v) is 1.90. The number of halogens is 1. The van der Waals surface area contributed by atoms with Crippen molar-refractivity contribution in [2.24, 2.45) is 7.05 Å². The molecule has 1 aromatic heterocycles. The molecule has 1 N–H and O–H groups in total. The van der Waals surface area contributed by atoms with Crippen LogP contribution < -0.4 is 17.0 Å². The van der Waals surface area contributed by atoms with Gasteiger partial charge in [0.2, 0.25) is 6.33 Å². The Morgan fingerprint density at radius 3 is 2.41 bits per heavy atom. The molecule has 0 aromatic carbocycles. The zero-order valence-corrected chi connectivity index (χ0v) is 11.7. The van der Waals surface area contributed by atoms with Crippen LogP contribution in [0.15, 0.2) is 18.7 Å². The highest BCUT2D eigenvalue weighted by Crippen LogP contribution is 2.13. The van der Waals surface area contributed by atoms with Gasteiger partial charge in [-0.3, -0.25) is 0 Å². The first-order valence-electron chi connectivity index (χ1n) is 6.45. The van der Waals surface area contributed by atoms with Crippen LogP contribution in [0.25, 0.3) is 0 Å². The molecule has 4 heteroatoms. The second-order valence-electron chi connectivity index (χ2n) is 4.56. The lowest BCUT2D eigenvalue weighted by molar-refractivity contribution is -0.671. The molecule has 1 unspecified atom stereocenters. The van der Waals surface area contributed by atoms with Crippen LogP contribution in [0.3, 0.4) is 0 Å². The number of aryl methyl sites for hydroxylation is 1. The summed E-state index contributed by atoms with van der Waals surface area (Å²) in [6.45, 7) is 2.23. The van der Waals surface area contributed by atoms with E-state index in [4.69, 9.17) is 0 Å². The number of unbranched alkanes of at least 4 members (excludes halogenated alkanes) is 5. The summed E-state index contributed by atoms with van der Waals surface area (Å²) in [6.07, 6.45) is 13.9. The van der Waals surface area contributed by atoms with Gasteiger partial charge in [0, 0.05) is 6.42 Å². The van der Waals surface area contributed by atoms with Crippen LogP contribution in [0.1, 0.15) is 58.1 Å². The minimum atomic E-state index is -0.354. The summed E-state index contributed by atoms with van der Waals surface area (Å²) >= 11 is 0. The SMILES string of the molecule is CCCCCCCCC(O)n1cc[n+](C)c1.[Cl-]. The molecule has 1 atom stereocenters. The maximum absolute atomic E-state index is 9.89. The van der Waals surface area contributed by atoms with Crippen molar-refractivity contribution in [2.75, 3.05) is 0 Å². The lowest BCUT2D eigenvalue weighted by Crippen LogP contribution is -3.00. The van der Waals surface area contributed by atoms with Crippen LogP contribution >= 0.6 is 0 Å². The predicted molar refractivity (Wildman–Crippen MR) is 64.9 cm³/mol. The van der Waals surface area contributed by atoms with Gasteiger partial charge in [-0.2, -0.15) is 0 Å². The molecular weight excluding hydrogens is 236 g/mol. The Kier molecular flexibility index (Phi) is 9.18. The molecule has 3 nitrogen and oxygen atoms in total. The van der Waals surface area contributed by atoms with Gasteiger partial charge < -0.3 is 17.5 Å². The Bertz CT molecular complexity index is 289. The van der Waals surface area contributed by atoms with Gasteiger partial charge in [-0.15, -0.1) is 0 Å². The number of aromatic nitrogens is 2. The van der Waals surface area contributed by atoms with Gasteiger partial charge >= 0.3 is 0 Å². The van der Waals surface area contributed by atoms with Crippen molar-refractivity contribution in [3.8, 4) is 0 Å². The highest BCUT2D eigenvalue weighted by atomic mass is 35.5. The van der Waals surface area contributed by atoms with Crippen molar-refractivity contribution < 1.29 is 22.1 Å². The molecule has 1 rings (SSSR count). The monoisotopic (exact) mass is 260 g/mol. The molecule has 0 spiro atoms. The largest absolute Gasteiger partial charge is 1.00 e. The minimum absolute atomic E-state index is 0. The Morgan fingerprint density at radius 2 is 1.82 bits per heavy atom. The molecule has 0 fully saturated rings. The summed E-state index contributed by atoms with van der Waals surface area (Å²) in [5.41, 5.74) is 0. The van der Waals surface area contributed by atoms with Crippen LogP contribution in [0.2, 0.25) is 0 Å². The summed E-state index contributed by atoms with van der Waals surface area (Å²) < 4.78 is 3.82. The molecule has 0 amide bonds. The van der Waals surface area contributed by atoms with Crippen molar-refractivity contribution in [3.63, 3.8) is 0 Å². The third kappa shape index (κ3) is 6.69. The second kappa shape index (κ2) is 9.49. The first-order chi connectivity index (χ1) is 7.74. The van der Waals surface area contributed by atoms with Crippen LogP contribution in [0, 0.1) is 0 Å². The van der Waals surface area contributed by atoms with Crippen LogP contribution in [-0.4, -0.2) is 9.67 Å². The van der Waals surface area contributed by atoms with Crippen molar-refractivity contribution >= 4 is 0 Å². The molecule has 0 radical (unpaired) electrons. The van der Waals surface area contributed by atoms with E-state index in [0.29, 0.717) is 0 Å². The van der Waals surface area contributed by atoms with E-state index in [1.165, 1.54) is 32.1 Å². The third-order valence-corrected chi connectivity index (χ3v) is 2.95. The van der Waals surface area contributed by atoms with E-state index in [0.717, 1.165) is 12.8 Å². The average molecular weight is 261 g/mol. The van der Waals surface area contributed by atoms with E-state index in [-0.39, 0.29) is 18.6 Å². The van der Waals surface area contributed by atoms with Gasteiger partial charge in [0.25, 0.3) is 0 Å². The van der Waals surface area contributed by atoms with Gasteiger partial charge in [-0.1, -0.05) is 39.0 Å². The molecular formula is C13H25ClN2O. The quantitative estimate of drug-likeness (QED) is 0.498. The molecule has 0 bridgehead atoms. The maximum Gasteiger partial charge on any atom is 0.245 e. The number of hydrogen-bond donors (Lipinski definition) is 1. The molecule has 0 saturated heterocycles. The molecule has 100 valence electrons. The van der Waals surface area contributed by atoms with E-state index in [2.05, 4.69) is 6.92 Å². The molecule has 17 heavy (non-hydrogen) atoms. The number of aliphatic hydroxyl groups is 1. The van der Waals surface area contributed by atoms with Crippen molar-refractivity contribution in [1.29, 1.82) is 0 Å². The normalized spacial score (nSPS) is 12.2. The van der Waals surface area contributed by atoms with E-state index in [9.17, 15) is 5.11 Å². The van der Waals surface area contributed by atoms with E-state index < -0.39 is 0 Å². The summed E-state index contributed by atoms with van der Waals surface area (Å²) in [6, 6.07) is 0. The fourth-order valence-electron chi connectivity index (χ4n) is 1.90. The molecule has 0 aliphatic heterocycles. The number of hydrogen-bond acceptors (Lipinski definition) is 1. The van der Waals surface area contributed by atoms with Crippen molar-refractivity contribution in [2.45, 2.75) is 58.1 Å². The number of nitrogens with zero attached hydrogens (tertiary/aromatic N) is 2. The van der Waals surface area contributed by atoms with Gasteiger partial charge in [-0.25, -0.2) is 9.13 Å². The summed E-state index contributed by atoms with van der Waals surface area (Å²) in [5.74, 6) is 0. The van der Waals surface area contributed by atoms with Crippen molar-refractivity contribution in [1.82, 2.24) is 4.57 Å². The minimum Gasteiger partial charge on any atom is -1.00 e. The molecule has 1 aromatic rings. The molecule has 0 saturated carbocycles. The number of aliphatic hydroxyl groups excluding tert-OH is 1. The van der Waals surface area contributed by atoms with Gasteiger partial charge in [0.05, 0.1) is 7.05 Å². The first kappa shape index (κ1) is 16.5. The van der Waals surface area contributed by atoms with E-state index in [1.54, 1.807) is 0 Å². The van der Waals surface area contributed by atoms with Gasteiger partial charge in [0.15, 0.2) is 6.23 Å². The summed E-state index contributed by atoms with van der Waals surface area (Å²) in [4.78, 5) is 0. The lowest BCUT2D eigenvalue weighted by Gasteiger charge is -2.06. The Labute approximate surface area is 111 Å². The first-order valence-corrected chi connectivity index (χ1v) is 6.45. The third-order valence-electron chi connectivity index (χ3n) is 2.95. The standard InChI is InChI=1S/C13H25N2O.ClH/c1-3-4-5-6-7-8-9-13(16)15-11-10-14(2)12-15;/h10-13,16H,3-9H2,1-2H3;1H/q+1;/p-1. The topological polar surface area (TPSA) is 29.0 Å². The number of imidazole rings is 1. The van der Waals surface area contributed by atoms with Crippen LogP contribution in [0.5, 0.6) is 0 Å². The highest BCUT2D eigenvalue weighted by molar-refractivity contribution is 4.69. The van der Waals surface area contributed by atoms with Crippen molar-refractivity contribution in [3.05, 3.63) is 18.7 Å². The van der Waals surface area contributed by atoms with E-state index >= 15 is 0 Å². The Balaban J connectivity index is 0.00000256. The highest BCUT2D eigenvalue weighted by Gasteiger charge is 2.11. The van der Waals surface area contributed by atoms with E-state index in [1.807, 2.05) is 34.9 Å². The predicted octanol–water partition coefficient (Wildman–Crippen LogP) is -0.442. The summed E-state index contributed by atoms with van der Waals surface area (Å²) in [7, 11) is 1.97. The maximum atomic E-state index is 9.89. The zero-order valence-electron chi connectivity index (χ0n) is 11.0.